The van der Waals surface area contributed by atoms with E-state index in [1.54, 1.807) is 6.07 Å². The average molecular weight is 338 g/mol. The van der Waals surface area contributed by atoms with Crippen molar-refractivity contribution in [2.45, 2.75) is 18.8 Å². The van der Waals surface area contributed by atoms with Gasteiger partial charge in [-0.3, -0.25) is 15.0 Å². The zero-order valence-corrected chi connectivity index (χ0v) is 14.2. The van der Waals surface area contributed by atoms with Crippen molar-refractivity contribution in [2.75, 3.05) is 37.6 Å². The molecule has 6 heteroatoms. The highest BCUT2D eigenvalue weighted by atomic mass is 16.6. The van der Waals surface area contributed by atoms with E-state index in [9.17, 15) is 10.1 Å². The number of anilines is 1. The first-order chi connectivity index (χ1) is 12.2. The van der Waals surface area contributed by atoms with Crippen LogP contribution in [-0.4, -0.2) is 47.5 Å². The van der Waals surface area contributed by atoms with Crippen molar-refractivity contribution in [3.05, 3.63) is 63.8 Å². The molecule has 0 bridgehead atoms. The minimum absolute atomic E-state index is 0.0438. The lowest BCUT2D eigenvalue weighted by atomic mass is 10.0. The fraction of sp³-hybridized carbons (Fsp3) is 0.421. The second-order valence-corrected chi connectivity index (χ2v) is 6.85. The Morgan fingerprint density at radius 2 is 1.92 bits per heavy atom. The maximum atomic E-state index is 10.7. The van der Waals surface area contributed by atoms with Crippen LogP contribution in [0.15, 0.2) is 42.6 Å². The fourth-order valence-corrected chi connectivity index (χ4v) is 3.98. The van der Waals surface area contributed by atoms with Gasteiger partial charge in [-0.1, -0.05) is 24.3 Å². The summed E-state index contributed by atoms with van der Waals surface area (Å²) in [6.45, 7) is 4.98. The van der Waals surface area contributed by atoms with Gasteiger partial charge in [-0.15, -0.1) is 0 Å². The zero-order chi connectivity index (χ0) is 17.2. The summed E-state index contributed by atoms with van der Waals surface area (Å²) in [7, 11) is 0. The van der Waals surface area contributed by atoms with Crippen LogP contribution in [-0.2, 0) is 6.42 Å². The molecular weight excluding hydrogens is 316 g/mol. The molecule has 0 N–H and O–H groups in total. The second kappa shape index (κ2) is 6.80. The predicted octanol–water partition coefficient (Wildman–Crippen LogP) is 2.84. The lowest BCUT2D eigenvalue weighted by molar-refractivity contribution is -0.385. The van der Waals surface area contributed by atoms with Crippen molar-refractivity contribution < 1.29 is 4.92 Å². The molecule has 2 aromatic rings. The van der Waals surface area contributed by atoms with Gasteiger partial charge in [0, 0.05) is 38.8 Å². The molecule has 1 aliphatic heterocycles. The molecule has 0 radical (unpaired) electrons. The summed E-state index contributed by atoms with van der Waals surface area (Å²) in [5.41, 5.74) is 3.09. The number of hydrogen-bond acceptors (Lipinski definition) is 5. The number of nitrogens with zero attached hydrogens (tertiary/aromatic N) is 4. The molecule has 1 aromatic heterocycles. The Kier molecular flexibility index (Phi) is 4.36. The highest BCUT2D eigenvalue weighted by Gasteiger charge is 2.26. The van der Waals surface area contributed by atoms with Gasteiger partial charge in [-0.05, 0) is 36.0 Å². The number of hydrogen-bond donors (Lipinski definition) is 0. The number of nitro groups is 1. The summed E-state index contributed by atoms with van der Waals surface area (Å²) in [5, 5.41) is 10.7. The third-order valence-electron chi connectivity index (χ3n) is 5.38. The van der Waals surface area contributed by atoms with Gasteiger partial charge in [0.1, 0.15) is 12.0 Å². The van der Waals surface area contributed by atoms with Crippen LogP contribution in [0.2, 0.25) is 0 Å². The van der Waals surface area contributed by atoms with Crippen LogP contribution >= 0.6 is 0 Å². The first-order valence-corrected chi connectivity index (χ1v) is 8.86. The summed E-state index contributed by atoms with van der Waals surface area (Å²) in [6.07, 6.45) is 3.80. The molecule has 2 aliphatic rings. The quantitative estimate of drug-likeness (QED) is 0.634. The summed E-state index contributed by atoms with van der Waals surface area (Å²) in [4.78, 5) is 19.3. The van der Waals surface area contributed by atoms with Crippen molar-refractivity contribution in [1.29, 1.82) is 0 Å². The van der Waals surface area contributed by atoms with Gasteiger partial charge in [0.15, 0.2) is 0 Å². The van der Waals surface area contributed by atoms with Gasteiger partial charge in [-0.25, -0.2) is 4.98 Å². The molecule has 4 rings (SSSR count). The van der Waals surface area contributed by atoms with Crippen LogP contribution in [0.5, 0.6) is 0 Å². The summed E-state index contributed by atoms with van der Waals surface area (Å²) in [5.74, 6) is 1.48. The van der Waals surface area contributed by atoms with E-state index in [1.165, 1.54) is 36.2 Å². The smallest absolute Gasteiger partial charge is 0.287 e. The average Bonchev–Trinajstić information content (AvgIpc) is 3.06. The van der Waals surface area contributed by atoms with Crippen molar-refractivity contribution in [3.63, 3.8) is 0 Å². The molecule has 130 valence electrons. The molecule has 1 saturated heterocycles. The van der Waals surface area contributed by atoms with E-state index in [0.717, 1.165) is 38.5 Å². The van der Waals surface area contributed by atoms with Crippen LogP contribution in [0.4, 0.5) is 11.5 Å². The maximum Gasteiger partial charge on any atom is 0.287 e. The summed E-state index contributed by atoms with van der Waals surface area (Å²) < 4.78 is 0. The lowest BCUT2D eigenvalue weighted by Crippen LogP contribution is -2.47. The standard InChI is InChI=1S/C19H22N4O2/c24-23(25)17-7-8-19(20-13-17)22-11-9-21(10-12-22)14-16-6-5-15-3-1-2-4-18(15)16/h1-4,7-8,13,16H,5-6,9-12,14H2/t16-/m1/s1. The van der Waals surface area contributed by atoms with Crippen LogP contribution < -0.4 is 4.90 Å². The fourth-order valence-electron chi connectivity index (χ4n) is 3.98. The summed E-state index contributed by atoms with van der Waals surface area (Å²) in [6, 6.07) is 12.1. The van der Waals surface area contributed by atoms with Crippen molar-refractivity contribution in [2.24, 2.45) is 0 Å². The van der Waals surface area contributed by atoms with E-state index in [-0.39, 0.29) is 5.69 Å². The number of pyridine rings is 1. The SMILES string of the molecule is O=[N+]([O-])c1ccc(N2CCN(C[C@H]3CCc4ccccc43)CC2)nc1. The van der Waals surface area contributed by atoms with Crippen LogP contribution in [0.25, 0.3) is 0 Å². The summed E-state index contributed by atoms with van der Waals surface area (Å²) >= 11 is 0. The second-order valence-electron chi connectivity index (χ2n) is 6.85. The molecule has 0 spiro atoms. The number of aromatic nitrogens is 1. The minimum atomic E-state index is -0.409. The van der Waals surface area contributed by atoms with E-state index in [2.05, 4.69) is 39.0 Å². The Balaban J connectivity index is 1.34. The first-order valence-electron chi connectivity index (χ1n) is 8.86. The minimum Gasteiger partial charge on any atom is -0.354 e. The Labute approximate surface area is 147 Å². The predicted molar refractivity (Wildman–Crippen MR) is 97.0 cm³/mol. The topological polar surface area (TPSA) is 62.5 Å². The molecule has 0 amide bonds. The molecule has 6 nitrogen and oxygen atoms in total. The van der Waals surface area contributed by atoms with Crippen molar-refractivity contribution in [1.82, 2.24) is 9.88 Å². The van der Waals surface area contributed by atoms with E-state index in [1.807, 2.05) is 0 Å². The molecular formula is C19H22N4O2. The van der Waals surface area contributed by atoms with Gasteiger partial charge < -0.3 is 4.90 Å². The van der Waals surface area contributed by atoms with E-state index in [4.69, 9.17) is 0 Å². The van der Waals surface area contributed by atoms with E-state index < -0.39 is 4.92 Å². The van der Waals surface area contributed by atoms with Crippen LogP contribution in [0.1, 0.15) is 23.5 Å². The van der Waals surface area contributed by atoms with Gasteiger partial charge >= 0.3 is 0 Å². The highest BCUT2D eigenvalue weighted by molar-refractivity contribution is 5.43. The number of benzene rings is 1. The Morgan fingerprint density at radius 3 is 2.64 bits per heavy atom. The van der Waals surface area contributed by atoms with Gasteiger partial charge in [0.2, 0.25) is 0 Å². The number of rotatable bonds is 4. The van der Waals surface area contributed by atoms with Crippen molar-refractivity contribution in [3.8, 4) is 0 Å². The monoisotopic (exact) mass is 338 g/mol. The zero-order valence-electron chi connectivity index (χ0n) is 14.2. The molecule has 0 saturated carbocycles. The molecule has 0 unspecified atom stereocenters. The van der Waals surface area contributed by atoms with Gasteiger partial charge in [0.25, 0.3) is 5.69 Å². The number of aryl methyl sites for hydroxylation is 1. The lowest BCUT2D eigenvalue weighted by Gasteiger charge is -2.36. The van der Waals surface area contributed by atoms with E-state index >= 15 is 0 Å². The molecule has 1 aliphatic carbocycles. The maximum absolute atomic E-state index is 10.7. The largest absolute Gasteiger partial charge is 0.354 e. The van der Waals surface area contributed by atoms with Crippen LogP contribution in [0.3, 0.4) is 0 Å². The Bertz CT molecular complexity index is 754. The number of fused-ring (bicyclic) bond motifs is 1. The number of piperazine rings is 1. The normalized spacial score (nSPS) is 20.5. The van der Waals surface area contributed by atoms with Crippen LogP contribution in [0, 0.1) is 10.1 Å². The molecule has 2 heterocycles. The Hall–Kier alpha value is -2.47. The molecule has 25 heavy (non-hydrogen) atoms. The Morgan fingerprint density at radius 1 is 1.12 bits per heavy atom. The highest BCUT2D eigenvalue weighted by Crippen LogP contribution is 2.33. The van der Waals surface area contributed by atoms with Gasteiger partial charge in [-0.2, -0.15) is 0 Å². The first kappa shape index (κ1) is 16.0. The molecule has 1 aromatic carbocycles. The van der Waals surface area contributed by atoms with E-state index in [0.29, 0.717) is 5.92 Å². The third kappa shape index (κ3) is 3.35. The van der Waals surface area contributed by atoms with Gasteiger partial charge in [0.05, 0.1) is 4.92 Å². The van der Waals surface area contributed by atoms with Crippen molar-refractivity contribution >= 4 is 11.5 Å². The molecule has 1 fully saturated rings. The molecule has 1 atom stereocenters. The third-order valence-corrected chi connectivity index (χ3v) is 5.38.